The summed E-state index contributed by atoms with van der Waals surface area (Å²) in [6, 6.07) is 31.8. The zero-order chi connectivity index (χ0) is 94.4. The third-order valence-electron chi connectivity index (χ3n) is 24.0. The minimum absolute atomic E-state index is 0.00855. The number of anilines is 2. The first-order valence-electron chi connectivity index (χ1n) is 42.3. The number of nitrogens with one attached hydrogen (secondary N) is 1. The fourth-order valence-corrected chi connectivity index (χ4v) is 16.0. The van der Waals surface area contributed by atoms with Crippen LogP contribution in [-0.4, -0.2) is 170 Å². The Morgan fingerprint density at radius 1 is 0.427 bits per heavy atom. The number of aromatic nitrogens is 12. The Bertz CT molecular complexity index is 6170. The lowest BCUT2D eigenvalue weighted by Gasteiger charge is -2.32. The molecular formula is C90H99B3Br4F6N14O14. The minimum atomic E-state index is -0.715. The Morgan fingerprint density at radius 2 is 0.809 bits per heavy atom. The van der Waals surface area contributed by atoms with Gasteiger partial charge in [0.15, 0.2) is 22.9 Å². The monoisotopic (exact) mass is 2060 g/mol. The summed E-state index contributed by atoms with van der Waals surface area (Å²) in [5.74, 6) is -3.25. The molecule has 5 N–H and O–H groups in total. The largest absolute Gasteiger partial charge is 0.496 e. The SMILES string of the molecule is BrC1CCOC1.CC1(C)OB(B2OC(C)(C)C(C)(C)O2)OC1(C)C.CC1(C)OB(c2ccc(=O)n(C3CCOC3)c2)OC1(C)C.Nc1nc(-c2ccc(F)cc2)c(-c2ccc(=O)n(C3CCOC3)c2)c2nc(Cc3c(F)cccc3F)nn12.Nc1nc(-c2ccc(F)cc2)c(Br)c2nc(Cc3c(F)cccc3F)nn12.O=c1ccc(Br)c[nH]1.O=c1ccc(Br)cn1C1CCOC1. The molecule has 8 aromatic heterocycles. The molecule has 0 radical (unpaired) electrons. The molecule has 0 saturated carbocycles. The van der Waals surface area contributed by atoms with Crippen LogP contribution in [-0.2, 0) is 59.7 Å². The first-order chi connectivity index (χ1) is 62.0. The average molecular weight is 2070 g/mol. The van der Waals surface area contributed by atoms with E-state index < -0.39 is 50.2 Å². The van der Waals surface area contributed by atoms with Gasteiger partial charge in [0.2, 0.25) is 17.5 Å². The van der Waals surface area contributed by atoms with E-state index in [0.29, 0.717) is 88.0 Å². The molecule has 7 saturated heterocycles. The molecule has 15 heterocycles. The maximum Gasteiger partial charge on any atom is 0.496 e. The van der Waals surface area contributed by atoms with Crippen LogP contribution in [0.2, 0.25) is 0 Å². The van der Waals surface area contributed by atoms with Crippen LogP contribution < -0.4 is 39.2 Å². The molecule has 41 heteroatoms. The first-order valence-corrected chi connectivity index (χ1v) is 45.6. The van der Waals surface area contributed by atoms with E-state index in [9.17, 15) is 45.5 Å². The Hall–Kier alpha value is -9.33. The van der Waals surface area contributed by atoms with E-state index in [1.54, 1.807) is 86.8 Å². The van der Waals surface area contributed by atoms with Crippen LogP contribution in [0.4, 0.5) is 38.2 Å². The number of hydrogen-bond donors (Lipinski definition) is 3. The Labute approximate surface area is 786 Å². The number of nitrogens with two attached hydrogens (primary N) is 2. The number of H-pyrrole nitrogens is 1. The zero-order valence-corrected chi connectivity index (χ0v) is 80.4. The van der Waals surface area contributed by atoms with E-state index in [2.05, 4.69) is 98.8 Å². The maximum absolute atomic E-state index is 14.4. The van der Waals surface area contributed by atoms with Gasteiger partial charge < -0.3 is 77.0 Å². The molecule has 28 nitrogen and oxygen atoms in total. The summed E-state index contributed by atoms with van der Waals surface area (Å²) in [7, 11) is -1.39. The van der Waals surface area contributed by atoms with Gasteiger partial charge in [0, 0.05) is 130 Å². The summed E-state index contributed by atoms with van der Waals surface area (Å²) in [5, 5.41) is 8.57. The lowest BCUT2D eigenvalue weighted by Crippen LogP contribution is -2.41. The van der Waals surface area contributed by atoms with Gasteiger partial charge in [0.05, 0.1) is 99.6 Å². The van der Waals surface area contributed by atoms with Gasteiger partial charge in [-0.15, -0.1) is 10.2 Å². The van der Waals surface area contributed by atoms with Crippen molar-refractivity contribution in [2.45, 2.75) is 178 Å². The van der Waals surface area contributed by atoms with Crippen molar-refractivity contribution in [2.75, 3.05) is 64.3 Å². The Morgan fingerprint density at radius 3 is 1.22 bits per heavy atom. The molecule has 131 heavy (non-hydrogen) atoms. The minimum Gasteiger partial charge on any atom is -0.405 e. The number of nitrogens with zero attached hydrogens (tertiary/aromatic N) is 11. The summed E-state index contributed by atoms with van der Waals surface area (Å²) in [5.41, 5.74) is 14.1. The second kappa shape index (κ2) is 41.7. The number of hydrogen-bond acceptors (Lipinski definition) is 22. The normalized spacial score (nSPS) is 19.9. The Balaban J connectivity index is 0.000000139. The van der Waals surface area contributed by atoms with Crippen LogP contribution in [0.15, 0.2) is 191 Å². The van der Waals surface area contributed by atoms with E-state index in [1.807, 2.05) is 95.5 Å². The second-order valence-corrected chi connectivity index (χ2v) is 38.7. The summed E-state index contributed by atoms with van der Waals surface area (Å²) >= 11 is 13.3. The molecule has 692 valence electrons. The number of fused-ring (bicyclic) bond motifs is 2. The number of rotatable bonds is 12. The molecule has 4 aromatic carbocycles. The van der Waals surface area contributed by atoms with Crippen molar-refractivity contribution in [3.05, 3.63) is 271 Å². The van der Waals surface area contributed by atoms with Crippen molar-refractivity contribution in [2.24, 2.45) is 0 Å². The number of alkyl halides is 1. The summed E-state index contributed by atoms with van der Waals surface area (Å²) in [6.45, 7) is 29.8. The molecule has 4 unspecified atom stereocenters. The van der Waals surface area contributed by atoms with Gasteiger partial charge in [-0.1, -0.05) is 34.1 Å². The lowest BCUT2D eigenvalue weighted by molar-refractivity contribution is 0.00578. The van der Waals surface area contributed by atoms with Crippen LogP contribution in [0, 0.1) is 34.9 Å². The molecule has 19 rings (SSSR count). The van der Waals surface area contributed by atoms with Gasteiger partial charge >= 0.3 is 21.1 Å². The van der Waals surface area contributed by atoms with Crippen molar-refractivity contribution in [3.8, 4) is 33.6 Å². The van der Waals surface area contributed by atoms with Crippen molar-refractivity contribution in [3.63, 3.8) is 0 Å². The molecular weight excluding hydrogens is 1970 g/mol. The summed E-state index contributed by atoms with van der Waals surface area (Å²) < 4.78 is 150. The second-order valence-electron chi connectivity index (χ2n) is 34.8. The third-order valence-corrected chi connectivity index (χ3v) is 26.4. The Kier molecular flexibility index (Phi) is 31.5. The van der Waals surface area contributed by atoms with Gasteiger partial charge in [-0.3, -0.25) is 19.2 Å². The maximum atomic E-state index is 14.4. The predicted molar refractivity (Wildman–Crippen MR) is 500 cm³/mol. The van der Waals surface area contributed by atoms with Crippen molar-refractivity contribution < 1.29 is 73.2 Å². The molecule has 0 spiro atoms. The van der Waals surface area contributed by atoms with E-state index in [-0.39, 0.29) is 133 Å². The highest BCUT2D eigenvalue weighted by atomic mass is 79.9. The van der Waals surface area contributed by atoms with Crippen molar-refractivity contribution in [1.29, 1.82) is 0 Å². The first kappa shape index (κ1) is 99.2. The fraction of sp³-hybridized carbons (Fsp3) is 0.400. The summed E-state index contributed by atoms with van der Waals surface area (Å²) in [6.07, 6.45) is 10.3. The van der Waals surface area contributed by atoms with Crippen LogP contribution in [0.25, 0.3) is 44.9 Å². The number of nitrogen functional groups attached to an aromatic ring is 2. The molecule has 0 bridgehead atoms. The number of ether oxygens (including phenoxy) is 4. The van der Waals surface area contributed by atoms with E-state index in [4.69, 9.17) is 58.3 Å². The highest BCUT2D eigenvalue weighted by molar-refractivity contribution is 9.11. The number of pyridine rings is 4. The quantitative estimate of drug-likeness (QED) is 0.0581. The van der Waals surface area contributed by atoms with Crippen LogP contribution in [0.1, 0.15) is 150 Å². The van der Waals surface area contributed by atoms with Crippen molar-refractivity contribution >= 4 is 114 Å². The van der Waals surface area contributed by atoms with Crippen LogP contribution in [0.5, 0.6) is 0 Å². The molecule has 7 fully saturated rings. The van der Waals surface area contributed by atoms with Crippen LogP contribution in [0.3, 0.4) is 0 Å². The molecule has 7 aliphatic heterocycles. The third kappa shape index (κ3) is 23.5. The zero-order valence-electron chi connectivity index (χ0n) is 74.0. The number of halogens is 10. The molecule has 4 atom stereocenters. The highest BCUT2D eigenvalue weighted by Gasteiger charge is 2.64. The fourth-order valence-electron chi connectivity index (χ4n) is 14.5. The standard InChI is InChI=1S/C27H21F3N6O2.C18H11BrF3N5.C15H22BNO4.C12H24B2O4.C9H10BrNO2.C5H4BrNO.C4H7BrO/c28-17-7-4-15(5-8-17)25-24(16-6-9-23(37)35(13-16)18-10-11-38-14-18)26-32-22(34-36(26)27(31)33-25)12-19-20(29)2-1-3-21(19)30;19-15-16(9-4-6-10(20)7-5-9)25-18(23)27-17(15)24-14(26-27)8-11-12(21)2-1-3-13(11)22;1-14(2)15(3,4)21-16(20-14)11-5-6-13(18)17(9-11)12-7-8-19-10-12;1-9(2)10(3,4)16-13(15-9)14-17-11(5,6)12(7,8)18-14;10-7-1-2-9(12)11(5-7)8-3-4-13-6-8;6-4-1-2-5(8)7-3-4;5-4-1-2-6-3-4/h1-9,13,18H,10-12,14H2,(H2,31,33);1-7H,8H2,(H2,23,25);5-6,9,12H,7-8,10H2,1-4H3;1-8H3;1-2,5,8H,3-4,6H2;1-3H,(H,7,8);4H,1-3H2. The van der Waals surface area contributed by atoms with Gasteiger partial charge in [0.25, 0.3) is 16.7 Å². The number of benzene rings is 4. The van der Waals surface area contributed by atoms with E-state index in [1.165, 1.54) is 76.1 Å². The van der Waals surface area contributed by atoms with Gasteiger partial charge in [-0.05, 0) is 253 Å². The van der Waals surface area contributed by atoms with E-state index >= 15 is 0 Å². The molecule has 0 amide bonds. The van der Waals surface area contributed by atoms with Gasteiger partial charge in [-0.25, -0.2) is 46.3 Å². The molecule has 12 aromatic rings. The smallest absolute Gasteiger partial charge is 0.405 e. The van der Waals surface area contributed by atoms with Crippen LogP contribution >= 0.6 is 63.7 Å². The molecule has 7 aliphatic rings. The topological polar surface area (TPSA) is 329 Å². The van der Waals surface area contributed by atoms with E-state index in [0.717, 1.165) is 59.2 Å². The number of aromatic amines is 1. The molecule has 0 aliphatic carbocycles. The average Bonchev–Trinajstić information content (AvgIpc) is 1.40. The summed E-state index contributed by atoms with van der Waals surface area (Å²) in [4.78, 5) is 67.4. The van der Waals surface area contributed by atoms with Crippen molar-refractivity contribution in [1.82, 2.24) is 57.8 Å². The van der Waals surface area contributed by atoms with Gasteiger partial charge in [-0.2, -0.15) is 9.03 Å². The van der Waals surface area contributed by atoms with Gasteiger partial charge in [0.1, 0.15) is 34.9 Å². The highest BCUT2D eigenvalue weighted by Crippen LogP contribution is 2.44. The predicted octanol–water partition coefficient (Wildman–Crippen LogP) is 15.6. The lowest BCUT2D eigenvalue weighted by atomic mass is 9.49.